The van der Waals surface area contributed by atoms with Crippen molar-refractivity contribution in [2.45, 2.75) is 60.5 Å². The second-order valence-corrected chi connectivity index (χ2v) is 5.93. The fraction of sp³-hybridized carbons (Fsp3) is 0.529. The Bertz CT molecular complexity index is 626. The van der Waals surface area contributed by atoms with Crippen molar-refractivity contribution in [1.29, 1.82) is 0 Å². The van der Waals surface area contributed by atoms with Gasteiger partial charge >= 0.3 is 0 Å². The van der Waals surface area contributed by atoms with E-state index < -0.39 is 0 Å². The van der Waals surface area contributed by atoms with Gasteiger partial charge in [-0.3, -0.25) is 0 Å². The monoisotopic (exact) mass is 286 g/mol. The van der Waals surface area contributed by atoms with E-state index in [-0.39, 0.29) is 0 Å². The number of aromatic nitrogens is 3. The lowest BCUT2D eigenvalue weighted by Crippen LogP contribution is -2.22. The number of hydrogen-bond acceptors (Lipinski definition) is 3. The van der Waals surface area contributed by atoms with Crippen molar-refractivity contribution in [2.24, 2.45) is 0 Å². The van der Waals surface area contributed by atoms with E-state index in [2.05, 4.69) is 62.2 Å². The molecular formula is C17H26N4. The lowest BCUT2D eigenvalue weighted by Gasteiger charge is -2.11. The largest absolute Gasteiger partial charge is 0.310 e. The smallest absolute Gasteiger partial charge is 0.154 e. The molecule has 2 aromatic heterocycles. The summed E-state index contributed by atoms with van der Waals surface area (Å²) in [6.07, 6.45) is 1.01. The summed E-state index contributed by atoms with van der Waals surface area (Å²) in [5.74, 6) is 0.913. The molecule has 0 aromatic carbocycles. The summed E-state index contributed by atoms with van der Waals surface area (Å²) in [5.41, 5.74) is 5.88. The Hall–Kier alpha value is -1.68. The zero-order valence-corrected chi connectivity index (χ0v) is 14.0. The highest BCUT2D eigenvalue weighted by Crippen LogP contribution is 2.18. The molecule has 114 valence electrons. The van der Waals surface area contributed by atoms with E-state index in [0.717, 1.165) is 30.2 Å². The highest BCUT2D eigenvalue weighted by atomic mass is 15.3. The zero-order valence-electron chi connectivity index (χ0n) is 14.0. The molecule has 0 aliphatic rings. The van der Waals surface area contributed by atoms with Gasteiger partial charge in [-0.25, -0.2) is 9.67 Å². The number of nitrogens with zero attached hydrogens (tertiary/aromatic N) is 3. The fourth-order valence-corrected chi connectivity index (χ4v) is 2.66. The van der Waals surface area contributed by atoms with Gasteiger partial charge < -0.3 is 5.32 Å². The molecule has 0 spiro atoms. The van der Waals surface area contributed by atoms with Crippen molar-refractivity contribution in [2.75, 3.05) is 0 Å². The third kappa shape index (κ3) is 3.50. The van der Waals surface area contributed by atoms with Crippen molar-refractivity contribution in [3.05, 3.63) is 40.3 Å². The maximum Gasteiger partial charge on any atom is 0.154 e. The van der Waals surface area contributed by atoms with Crippen LogP contribution in [-0.2, 0) is 13.0 Å². The normalized spacial score (nSPS) is 11.4. The molecule has 0 fully saturated rings. The molecule has 0 saturated carbocycles. The summed E-state index contributed by atoms with van der Waals surface area (Å²) >= 11 is 0. The predicted octanol–water partition coefficient (Wildman–Crippen LogP) is 3.25. The Balaban J connectivity index is 2.40. The highest BCUT2D eigenvalue weighted by molar-refractivity contribution is 5.35. The van der Waals surface area contributed by atoms with Gasteiger partial charge in [0.1, 0.15) is 0 Å². The Morgan fingerprint density at radius 1 is 1.19 bits per heavy atom. The molecule has 0 aliphatic carbocycles. The average molecular weight is 286 g/mol. The molecule has 1 N–H and O–H groups in total. The summed E-state index contributed by atoms with van der Waals surface area (Å²) in [7, 11) is 0. The van der Waals surface area contributed by atoms with Crippen molar-refractivity contribution in [1.82, 2.24) is 20.1 Å². The summed E-state index contributed by atoms with van der Waals surface area (Å²) in [6, 6.07) is 4.73. The van der Waals surface area contributed by atoms with E-state index in [1.54, 1.807) is 0 Å². The molecule has 0 radical (unpaired) electrons. The SMILES string of the molecule is CCc1c(C)nn(-c2cc(CNC(C)C)cc(C)n2)c1C. The van der Waals surface area contributed by atoms with E-state index >= 15 is 0 Å². The van der Waals surface area contributed by atoms with Crippen molar-refractivity contribution in [3.8, 4) is 5.82 Å². The molecule has 0 aliphatic heterocycles. The standard InChI is InChI=1S/C17H26N4/c1-7-16-13(5)20-21(14(16)6)17-9-15(8-12(4)19-17)10-18-11(2)3/h8-9,11,18H,7,10H2,1-6H3. The maximum absolute atomic E-state index is 4.66. The Labute approximate surface area is 127 Å². The first kappa shape index (κ1) is 15.7. The molecular weight excluding hydrogens is 260 g/mol. The minimum Gasteiger partial charge on any atom is -0.310 e. The summed E-state index contributed by atoms with van der Waals surface area (Å²) in [5, 5.41) is 8.12. The number of nitrogens with one attached hydrogen (secondary N) is 1. The van der Waals surface area contributed by atoms with Gasteiger partial charge in [0.2, 0.25) is 0 Å². The molecule has 2 rings (SSSR count). The predicted molar refractivity (Wildman–Crippen MR) is 86.9 cm³/mol. The highest BCUT2D eigenvalue weighted by Gasteiger charge is 2.13. The fourth-order valence-electron chi connectivity index (χ4n) is 2.66. The van der Waals surface area contributed by atoms with Crippen LogP contribution in [0.3, 0.4) is 0 Å². The third-order valence-electron chi connectivity index (χ3n) is 3.73. The summed E-state index contributed by atoms with van der Waals surface area (Å²) < 4.78 is 1.97. The Morgan fingerprint density at radius 3 is 2.48 bits per heavy atom. The van der Waals surface area contributed by atoms with E-state index in [1.165, 1.54) is 16.8 Å². The lowest BCUT2D eigenvalue weighted by atomic mass is 10.1. The van der Waals surface area contributed by atoms with Crippen LogP contribution in [0.25, 0.3) is 5.82 Å². The molecule has 4 heteroatoms. The van der Waals surface area contributed by atoms with Gasteiger partial charge in [-0.1, -0.05) is 20.8 Å². The second-order valence-electron chi connectivity index (χ2n) is 5.93. The van der Waals surface area contributed by atoms with Crippen LogP contribution in [0.15, 0.2) is 12.1 Å². The first-order valence-electron chi connectivity index (χ1n) is 7.68. The summed E-state index contributed by atoms with van der Waals surface area (Å²) in [6.45, 7) is 13.6. The van der Waals surface area contributed by atoms with Gasteiger partial charge in [0, 0.05) is 24.0 Å². The molecule has 21 heavy (non-hydrogen) atoms. The van der Waals surface area contributed by atoms with Crippen LogP contribution in [0.4, 0.5) is 0 Å². The Kier molecular flexibility index (Phi) is 4.78. The van der Waals surface area contributed by atoms with Gasteiger partial charge in [0.25, 0.3) is 0 Å². The van der Waals surface area contributed by atoms with Crippen molar-refractivity contribution >= 4 is 0 Å². The molecule has 4 nitrogen and oxygen atoms in total. The van der Waals surface area contributed by atoms with Crippen LogP contribution in [0.5, 0.6) is 0 Å². The molecule has 0 bridgehead atoms. The van der Waals surface area contributed by atoms with Gasteiger partial charge in [-0.15, -0.1) is 0 Å². The first-order chi connectivity index (χ1) is 9.92. The maximum atomic E-state index is 4.66. The number of hydrogen-bond donors (Lipinski definition) is 1. The van der Waals surface area contributed by atoms with Crippen molar-refractivity contribution in [3.63, 3.8) is 0 Å². The third-order valence-corrected chi connectivity index (χ3v) is 3.73. The van der Waals surface area contributed by atoms with Gasteiger partial charge in [0.05, 0.1) is 5.69 Å². The second kappa shape index (κ2) is 6.39. The molecule has 0 amide bonds. The molecule has 2 heterocycles. The van der Waals surface area contributed by atoms with Crippen LogP contribution in [0.2, 0.25) is 0 Å². The van der Waals surface area contributed by atoms with E-state index in [4.69, 9.17) is 0 Å². The summed E-state index contributed by atoms with van der Waals surface area (Å²) in [4.78, 5) is 4.65. The van der Waals surface area contributed by atoms with Crippen LogP contribution < -0.4 is 5.32 Å². The lowest BCUT2D eigenvalue weighted by molar-refractivity contribution is 0.587. The van der Waals surface area contributed by atoms with Crippen LogP contribution in [0.1, 0.15) is 49.0 Å². The van der Waals surface area contributed by atoms with Crippen LogP contribution in [-0.4, -0.2) is 20.8 Å². The quantitative estimate of drug-likeness (QED) is 0.917. The first-order valence-corrected chi connectivity index (χ1v) is 7.68. The minimum absolute atomic E-state index is 0.474. The van der Waals surface area contributed by atoms with E-state index in [0.29, 0.717) is 6.04 Å². The topological polar surface area (TPSA) is 42.7 Å². The van der Waals surface area contributed by atoms with Gasteiger partial charge in [-0.05, 0) is 50.5 Å². The molecule has 0 unspecified atom stereocenters. The minimum atomic E-state index is 0.474. The zero-order chi connectivity index (χ0) is 15.6. The van der Waals surface area contributed by atoms with E-state index in [9.17, 15) is 0 Å². The molecule has 0 atom stereocenters. The van der Waals surface area contributed by atoms with Gasteiger partial charge in [-0.2, -0.15) is 5.10 Å². The molecule has 2 aromatic rings. The molecule has 0 saturated heterocycles. The van der Waals surface area contributed by atoms with E-state index in [1.807, 2.05) is 11.6 Å². The number of aryl methyl sites for hydroxylation is 2. The number of rotatable bonds is 5. The number of pyridine rings is 1. The van der Waals surface area contributed by atoms with Crippen LogP contribution in [0, 0.1) is 20.8 Å². The average Bonchev–Trinajstić information content (AvgIpc) is 2.70. The van der Waals surface area contributed by atoms with Crippen molar-refractivity contribution < 1.29 is 0 Å². The van der Waals surface area contributed by atoms with Crippen LogP contribution >= 0.6 is 0 Å². The van der Waals surface area contributed by atoms with Gasteiger partial charge in [0.15, 0.2) is 5.82 Å². The Morgan fingerprint density at radius 2 is 1.90 bits per heavy atom.